The van der Waals surface area contributed by atoms with E-state index < -0.39 is 21.7 Å². The summed E-state index contributed by atoms with van der Waals surface area (Å²) in [6.07, 6.45) is 6.84. The largest absolute Gasteiger partial charge is 0.489 e. The van der Waals surface area contributed by atoms with Gasteiger partial charge in [-0.25, -0.2) is 8.42 Å². The van der Waals surface area contributed by atoms with Crippen molar-refractivity contribution in [2.75, 3.05) is 42.8 Å². The monoisotopic (exact) mass is 589 g/mol. The molecule has 40 heavy (non-hydrogen) atoms. The molecule has 1 fully saturated rings. The summed E-state index contributed by atoms with van der Waals surface area (Å²) in [7, 11) is -4.11. The molecule has 0 unspecified atom stereocenters. The van der Waals surface area contributed by atoms with E-state index in [9.17, 15) is 13.2 Å². The van der Waals surface area contributed by atoms with Gasteiger partial charge in [-0.15, -0.1) is 0 Å². The van der Waals surface area contributed by atoms with Crippen LogP contribution in [0.1, 0.15) is 37.8 Å². The second kappa shape index (κ2) is 14.7. The first-order valence-electron chi connectivity index (χ1n) is 13.1. The third-order valence-electron chi connectivity index (χ3n) is 6.12. The molecule has 0 amide bonds. The lowest BCUT2D eigenvalue weighted by molar-refractivity contribution is -0.139. The number of benzene rings is 2. The van der Waals surface area contributed by atoms with Crippen molar-refractivity contribution in [3.8, 4) is 5.75 Å². The third kappa shape index (κ3) is 8.99. The first-order valence-corrected chi connectivity index (χ1v) is 15.1. The minimum absolute atomic E-state index is 0.0213. The quantitative estimate of drug-likeness (QED) is 0.205. The van der Waals surface area contributed by atoms with Gasteiger partial charge in [0.1, 0.15) is 17.7 Å². The number of nitrogens with zero attached hydrogens (tertiary/aromatic N) is 3. The van der Waals surface area contributed by atoms with E-state index >= 15 is 0 Å². The summed E-state index contributed by atoms with van der Waals surface area (Å²) in [6.45, 7) is 6.00. The van der Waals surface area contributed by atoms with Crippen LogP contribution in [0.2, 0.25) is 5.02 Å². The predicted octanol–water partition coefficient (Wildman–Crippen LogP) is 3.93. The first kappa shape index (κ1) is 31.0. The van der Waals surface area contributed by atoms with Crippen molar-refractivity contribution in [2.45, 2.75) is 32.8 Å². The number of carbonyl (C=O) groups is 1. The lowest BCUT2D eigenvalue weighted by atomic mass is 10.1. The van der Waals surface area contributed by atoms with Crippen LogP contribution in [0.15, 0.2) is 53.5 Å². The molecule has 10 nitrogen and oxygen atoms in total. The van der Waals surface area contributed by atoms with Crippen LogP contribution in [0, 0.1) is 5.41 Å². The van der Waals surface area contributed by atoms with E-state index in [4.69, 9.17) is 32.2 Å². The lowest BCUT2D eigenvalue weighted by Crippen LogP contribution is -2.37. The molecule has 1 heterocycles. The molecule has 0 bridgehead atoms. The van der Waals surface area contributed by atoms with Gasteiger partial charge in [0.2, 0.25) is 10.0 Å². The van der Waals surface area contributed by atoms with Crippen molar-refractivity contribution >= 4 is 51.5 Å². The summed E-state index contributed by atoms with van der Waals surface area (Å²) in [5, 5.41) is 7.88. The molecule has 0 spiro atoms. The van der Waals surface area contributed by atoms with Gasteiger partial charge in [-0.2, -0.15) is 0 Å². The van der Waals surface area contributed by atoms with Gasteiger partial charge in [0, 0.05) is 38.0 Å². The summed E-state index contributed by atoms with van der Waals surface area (Å²) in [6, 6.07) is 11.8. The first-order chi connectivity index (χ1) is 19.1. The number of hydrogen-bond donors (Lipinski definition) is 2. The fourth-order valence-electron chi connectivity index (χ4n) is 4.13. The van der Waals surface area contributed by atoms with E-state index in [1.165, 1.54) is 6.07 Å². The van der Waals surface area contributed by atoms with Crippen molar-refractivity contribution in [3.63, 3.8) is 0 Å². The topological polar surface area (TPSA) is 138 Å². The number of nitrogen functional groups attached to an aromatic ring is 1. The van der Waals surface area contributed by atoms with Crippen LogP contribution in [0.3, 0.4) is 0 Å². The Morgan fingerprint density at radius 2 is 1.98 bits per heavy atom. The third-order valence-corrected chi connectivity index (χ3v) is 8.05. The second-order valence-electron chi connectivity index (χ2n) is 9.12. The molecule has 12 heteroatoms. The molecule has 1 saturated heterocycles. The zero-order valence-electron chi connectivity index (χ0n) is 22.8. The maximum absolute atomic E-state index is 13.3. The zero-order valence-corrected chi connectivity index (χ0v) is 24.3. The summed E-state index contributed by atoms with van der Waals surface area (Å²) >= 11 is 6.55. The highest BCUT2D eigenvalue weighted by atomic mass is 35.5. The van der Waals surface area contributed by atoms with E-state index in [1.54, 1.807) is 49.4 Å². The average Bonchev–Trinajstić information content (AvgIpc) is 2.91. The van der Waals surface area contributed by atoms with Crippen LogP contribution in [0.5, 0.6) is 5.75 Å². The molecule has 216 valence electrons. The molecule has 0 radical (unpaired) electrons. The Balaban J connectivity index is 1.79. The summed E-state index contributed by atoms with van der Waals surface area (Å²) in [5.74, 6) is -1.26. The number of ether oxygens (including phenoxy) is 2. The molecule has 2 aromatic carbocycles. The number of piperidine rings is 1. The number of esters is 1. The Morgan fingerprint density at radius 3 is 2.62 bits per heavy atom. The van der Waals surface area contributed by atoms with Gasteiger partial charge in [-0.3, -0.25) is 19.5 Å². The van der Waals surface area contributed by atoms with Crippen molar-refractivity contribution in [1.82, 2.24) is 4.90 Å². The standard InChI is InChI=1S/C28H36ClN5O5S/c1-3-32-20-33-15-12-24(13-16-33)39-26-11-10-23(18-25(26)29)34(40(36,37)19-27(35)38-4-2)14-6-8-21-7-5-9-22(17-21)28(30)31/h5-11,17-18,20,24H,3-4,12-16,19H2,1-2H3,(H3,30,31). The molecule has 0 saturated carbocycles. The minimum Gasteiger partial charge on any atom is -0.489 e. The normalized spacial score (nSPS) is 14.5. The Hall–Kier alpha value is -3.57. The Labute approximate surface area is 241 Å². The van der Waals surface area contributed by atoms with Crippen molar-refractivity contribution in [1.29, 1.82) is 5.41 Å². The SMILES string of the molecule is CCN=CN1CCC(Oc2ccc(N(CC=Cc3cccc(C(=N)N)c3)S(=O)(=O)CC(=O)OCC)cc2Cl)CC1. The van der Waals surface area contributed by atoms with Crippen molar-refractivity contribution < 1.29 is 22.7 Å². The second-order valence-corrected chi connectivity index (χ2v) is 11.4. The Kier molecular flexibility index (Phi) is 11.4. The van der Waals surface area contributed by atoms with Gasteiger partial charge in [0.25, 0.3) is 0 Å². The summed E-state index contributed by atoms with van der Waals surface area (Å²) < 4.78 is 38.7. The van der Waals surface area contributed by atoms with Crippen LogP contribution >= 0.6 is 11.6 Å². The molecule has 3 N–H and O–H groups in total. The van der Waals surface area contributed by atoms with Crippen LogP contribution in [0.4, 0.5) is 5.69 Å². The number of carbonyl (C=O) groups excluding carboxylic acids is 1. The van der Waals surface area contributed by atoms with Crippen LogP contribution in [0.25, 0.3) is 6.08 Å². The maximum atomic E-state index is 13.3. The highest BCUT2D eigenvalue weighted by Crippen LogP contribution is 2.32. The minimum atomic E-state index is -4.11. The summed E-state index contributed by atoms with van der Waals surface area (Å²) in [5.41, 5.74) is 7.15. The predicted molar refractivity (Wildman–Crippen MR) is 160 cm³/mol. The number of hydrogen-bond acceptors (Lipinski definition) is 7. The molecule has 1 aliphatic rings. The average molecular weight is 590 g/mol. The van der Waals surface area contributed by atoms with E-state index in [-0.39, 0.29) is 35.8 Å². The number of nitrogens with one attached hydrogen (secondary N) is 1. The number of rotatable bonds is 13. The fraction of sp³-hybridized carbons (Fsp3) is 0.393. The van der Waals surface area contributed by atoms with Crippen LogP contribution in [-0.4, -0.2) is 76.1 Å². The fourth-order valence-corrected chi connectivity index (χ4v) is 5.63. The number of halogens is 1. The van der Waals surface area contributed by atoms with E-state index in [2.05, 4.69) is 9.89 Å². The van der Waals surface area contributed by atoms with Gasteiger partial charge < -0.3 is 20.1 Å². The smallest absolute Gasteiger partial charge is 0.323 e. The van der Waals surface area contributed by atoms with Gasteiger partial charge in [0.15, 0.2) is 5.75 Å². The highest BCUT2D eigenvalue weighted by molar-refractivity contribution is 7.93. The number of sulfonamides is 1. The number of aliphatic imine (C=N–C) groups is 1. The molecule has 0 atom stereocenters. The maximum Gasteiger partial charge on any atom is 0.323 e. The molecule has 3 rings (SSSR count). The molecule has 0 aliphatic carbocycles. The van der Waals surface area contributed by atoms with Gasteiger partial charge in [-0.1, -0.05) is 42.0 Å². The van der Waals surface area contributed by atoms with E-state index in [0.717, 1.165) is 42.3 Å². The van der Waals surface area contributed by atoms with Gasteiger partial charge in [-0.05, 0) is 43.7 Å². The number of nitrogens with two attached hydrogens (primary N) is 1. The van der Waals surface area contributed by atoms with Crippen molar-refractivity contribution in [3.05, 3.63) is 64.7 Å². The van der Waals surface area contributed by atoms with E-state index in [1.807, 2.05) is 19.3 Å². The lowest BCUT2D eigenvalue weighted by Gasteiger charge is -2.31. The molecular weight excluding hydrogens is 554 g/mol. The Morgan fingerprint density at radius 1 is 1.23 bits per heavy atom. The molecule has 2 aromatic rings. The highest BCUT2D eigenvalue weighted by Gasteiger charge is 2.27. The Bertz CT molecular complexity index is 1340. The van der Waals surface area contributed by atoms with Crippen LogP contribution < -0.4 is 14.8 Å². The molecule has 0 aromatic heterocycles. The number of likely N-dealkylation sites (tertiary alicyclic amines) is 1. The van der Waals surface area contributed by atoms with Crippen molar-refractivity contribution in [2.24, 2.45) is 10.7 Å². The zero-order chi connectivity index (χ0) is 29.1. The van der Waals surface area contributed by atoms with E-state index in [0.29, 0.717) is 11.3 Å². The summed E-state index contributed by atoms with van der Waals surface area (Å²) in [4.78, 5) is 18.5. The van der Waals surface area contributed by atoms with Crippen LogP contribution in [-0.2, 0) is 19.6 Å². The number of anilines is 1. The molecule has 1 aliphatic heterocycles. The van der Waals surface area contributed by atoms with Gasteiger partial charge in [0.05, 0.1) is 30.2 Å². The number of amidine groups is 1. The van der Waals surface area contributed by atoms with Gasteiger partial charge >= 0.3 is 5.97 Å². The molecular formula is C28H36ClN5O5S.